The Morgan fingerprint density at radius 1 is 1.75 bits per heavy atom. The minimum Gasteiger partial charge on any atom is -0.335 e. The van der Waals surface area contributed by atoms with E-state index in [4.69, 9.17) is 5.73 Å². The minimum absolute atomic E-state index is 0.0563. The van der Waals surface area contributed by atoms with Gasteiger partial charge in [0.1, 0.15) is 0 Å². The van der Waals surface area contributed by atoms with Crippen molar-refractivity contribution in [3.8, 4) is 0 Å². The molecular formula is C12H18N2OS. The topological polar surface area (TPSA) is 46.3 Å². The second kappa shape index (κ2) is 4.97. The number of carbonyl (C=O) groups is 1. The van der Waals surface area contributed by atoms with Crippen molar-refractivity contribution in [2.45, 2.75) is 25.8 Å². The van der Waals surface area contributed by atoms with Crippen molar-refractivity contribution < 1.29 is 4.79 Å². The molecule has 1 aliphatic heterocycles. The van der Waals surface area contributed by atoms with E-state index in [0.29, 0.717) is 6.54 Å². The molecule has 0 aromatic carbocycles. The smallest absolute Gasteiger partial charge is 0.227 e. The molecule has 1 aromatic rings. The van der Waals surface area contributed by atoms with Crippen LogP contribution in [0.15, 0.2) is 16.8 Å². The molecule has 1 aliphatic rings. The van der Waals surface area contributed by atoms with Crippen LogP contribution in [-0.4, -0.2) is 23.9 Å². The fourth-order valence-corrected chi connectivity index (χ4v) is 2.93. The molecule has 16 heavy (non-hydrogen) atoms. The quantitative estimate of drug-likeness (QED) is 0.875. The van der Waals surface area contributed by atoms with Crippen LogP contribution in [0.1, 0.15) is 31.4 Å². The molecule has 1 fully saturated rings. The third-order valence-corrected chi connectivity index (χ3v) is 3.94. The van der Waals surface area contributed by atoms with E-state index in [1.807, 2.05) is 11.8 Å². The summed E-state index contributed by atoms with van der Waals surface area (Å²) in [6.07, 6.45) is 2.18. The van der Waals surface area contributed by atoms with Crippen LogP contribution in [-0.2, 0) is 4.79 Å². The highest BCUT2D eigenvalue weighted by atomic mass is 32.1. The molecule has 2 unspecified atom stereocenters. The number of likely N-dealkylation sites (tertiary alicyclic amines) is 1. The molecule has 2 rings (SSSR count). The zero-order valence-corrected chi connectivity index (χ0v) is 10.4. The average Bonchev–Trinajstić information content (AvgIpc) is 2.95. The maximum Gasteiger partial charge on any atom is 0.227 e. The van der Waals surface area contributed by atoms with Gasteiger partial charge in [0.2, 0.25) is 5.91 Å². The molecule has 2 atom stereocenters. The van der Waals surface area contributed by atoms with Crippen molar-refractivity contribution >= 4 is 17.2 Å². The highest BCUT2D eigenvalue weighted by Crippen LogP contribution is 2.33. The van der Waals surface area contributed by atoms with Gasteiger partial charge in [0.05, 0.1) is 6.04 Å². The summed E-state index contributed by atoms with van der Waals surface area (Å²) in [4.78, 5) is 14.1. The number of rotatable bonds is 3. The summed E-state index contributed by atoms with van der Waals surface area (Å²) in [7, 11) is 0. The Morgan fingerprint density at radius 2 is 2.56 bits per heavy atom. The summed E-state index contributed by atoms with van der Waals surface area (Å²) in [5.74, 6) is 0.149. The summed E-state index contributed by atoms with van der Waals surface area (Å²) in [5, 5.41) is 4.21. The molecule has 2 heterocycles. The van der Waals surface area contributed by atoms with Gasteiger partial charge in [-0.05, 0) is 35.2 Å². The molecule has 2 N–H and O–H groups in total. The molecule has 0 bridgehead atoms. The van der Waals surface area contributed by atoms with Gasteiger partial charge in [0.25, 0.3) is 0 Å². The lowest BCUT2D eigenvalue weighted by Crippen LogP contribution is -2.37. The molecule has 3 nitrogen and oxygen atoms in total. The fourth-order valence-electron chi connectivity index (χ4n) is 2.23. The van der Waals surface area contributed by atoms with Crippen molar-refractivity contribution in [2.75, 3.05) is 13.1 Å². The van der Waals surface area contributed by atoms with Gasteiger partial charge in [-0.2, -0.15) is 11.3 Å². The fraction of sp³-hybridized carbons (Fsp3) is 0.583. The van der Waals surface area contributed by atoms with Crippen LogP contribution >= 0.6 is 11.3 Å². The summed E-state index contributed by atoms with van der Waals surface area (Å²) < 4.78 is 0. The van der Waals surface area contributed by atoms with Crippen LogP contribution in [0.25, 0.3) is 0 Å². The zero-order valence-electron chi connectivity index (χ0n) is 9.56. The molecular weight excluding hydrogens is 220 g/mol. The van der Waals surface area contributed by atoms with Gasteiger partial charge in [-0.15, -0.1) is 0 Å². The van der Waals surface area contributed by atoms with Crippen LogP contribution in [0.5, 0.6) is 0 Å². The first-order chi connectivity index (χ1) is 7.74. The Balaban J connectivity index is 2.12. The lowest BCUT2D eigenvalue weighted by Gasteiger charge is -2.26. The monoisotopic (exact) mass is 238 g/mol. The summed E-state index contributed by atoms with van der Waals surface area (Å²) >= 11 is 1.69. The lowest BCUT2D eigenvalue weighted by molar-refractivity contribution is -0.135. The van der Waals surface area contributed by atoms with E-state index in [0.717, 1.165) is 19.4 Å². The van der Waals surface area contributed by atoms with Crippen molar-refractivity contribution in [2.24, 2.45) is 11.7 Å². The Morgan fingerprint density at radius 3 is 3.19 bits per heavy atom. The maximum atomic E-state index is 12.1. The van der Waals surface area contributed by atoms with Crippen LogP contribution < -0.4 is 5.73 Å². The van der Waals surface area contributed by atoms with Crippen LogP contribution in [0.4, 0.5) is 0 Å². The molecule has 1 saturated heterocycles. The predicted molar refractivity (Wildman–Crippen MR) is 66.2 cm³/mol. The number of thiophene rings is 1. The van der Waals surface area contributed by atoms with E-state index < -0.39 is 0 Å². The van der Waals surface area contributed by atoms with Crippen molar-refractivity contribution in [3.05, 3.63) is 22.4 Å². The van der Waals surface area contributed by atoms with Gasteiger partial charge in [-0.3, -0.25) is 4.79 Å². The van der Waals surface area contributed by atoms with Gasteiger partial charge in [-0.25, -0.2) is 0 Å². The first-order valence-electron chi connectivity index (χ1n) is 5.76. The van der Waals surface area contributed by atoms with Crippen molar-refractivity contribution in [1.82, 2.24) is 4.90 Å². The van der Waals surface area contributed by atoms with Gasteiger partial charge in [0, 0.05) is 19.0 Å². The maximum absolute atomic E-state index is 12.1. The van der Waals surface area contributed by atoms with E-state index in [9.17, 15) is 4.79 Å². The summed E-state index contributed by atoms with van der Waals surface area (Å²) in [6, 6.07) is 2.40. The highest BCUT2D eigenvalue weighted by Gasteiger charge is 2.31. The second-order valence-corrected chi connectivity index (χ2v) is 5.16. The van der Waals surface area contributed by atoms with E-state index in [-0.39, 0.29) is 17.9 Å². The SMILES string of the molecule is CC(CN)C(=O)N1CCCC1c1ccsc1. The highest BCUT2D eigenvalue weighted by molar-refractivity contribution is 7.07. The molecule has 0 radical (unpaired) electrons. The second-order valence-electron chi connectivity index (χ2n) is 4.38. The first kappa shape index (κ1) is 11.6. The Hall–Kier alpha value is -0.870. The largest absolute Gasteiger partial charge is 0.335 e. The number of hydrogen-bond donors (Lipinski definition) is 1. The van der Waals surface area contributed by atoms with Crippen molar-refractivity contribution in [3.63, 3.8) is 0 Å². The first-order valence-corrected chi connectivity index (χ1v) is 6.71. The third kappa shape index (κ3) is 2.13. The predicted octanol–water partition coefficient (Wildman–Crippen LogP) is 2.01. The normalized spacial score (nSPS) is 22.4. The van der Waals surface area contributed by atoms with E-state index in [1.54, 1.807) is 11.3 Å². The molecule has 1 aromatic heterocycles. The van der Waals surface area contributed by atoms with E-state index >= 15 is 0 Å². The average molecular weight is 238 g/mol. The van der Waals surface area contributed by atoms with E-state index in [2.05, 4.69) is 16.8 Å². The molecule has 4 heteroatoms. The van der Waals surface area contributed by atoms with Crippen LogP contribution in [0.3, 0.4) is 0 Å². The van der Waals surface area contributed by atoms with E-state index in [1.165, 1.54) is 5.56 Å². The van der Waals surface area contributed by atoms with Crippen LogP contribution in [0, 0.1) is 5.92 Å². The third-order valence-electron chi connectivity index (χ3n) is 3.24. The molecule has 1 amide bonds. The number of amides is 1. The van der Waals surface area contributed by atoms with Gasteiger partial charge < -0.3 is 10.6 Å². The van der Waals surface area contributed by atoms with Crippen LogP contribution in [0.2, 0.25) is 0 Å². The standard InChI is InChI=1S/C12H18N2OS/c1-9(7-13)12(15)14-5-2-3-11(14)10-4-6-16-8-10/h4,6,8-9,11H,2-3,5,7,13H2,1H3. The number of nitrogens with zero attached hydrogens (tertiary/aromatic N) is 1. The van der Waals surface area contributed by atoms with Gasteiger partial charge in [-0.1, -0.05) is 6.92 Å². The zero-order chi connectivity index (χ0) is 11.5. The molecule has 0 spiro atoms. The van der Waals surface area contributed by atoms with Gasteiger partial charge >= 0.3 is 0 Å². The number of hydrogen-bond acceptors (Lipinski definition) is 3. The van der Waals surface area contributed by atoms with Crippen molar-refractivity contribution in [1.29, 1.82) is 0 Å². The Labute approximate surface area is 100 Å². The molecule has 0 saturated carbocycles. The molecule has 0 aliphatic carbocycles. The number of nitrogens with two attached hydrogens (primary N) is 1. The number of carbonyl (C=O) groups excluding carboxylic acids is 1. The lowest BCUT2D eigenvalue weighted by atomic mass is 10.1. The van der Waals surface area contributed by atoms with Gasteiger partial charge in [0.15, 0.2) is 0 Å². The minimum atomic E-state index is -0.0563. The summed E-state index contributed by atoms with van der Waals surface area (Å²) in [6.45, 7) is 3.22. The Bertz CT molecular complexity index is 350. The summed E-state index contributed by atoms with van der Waals surface area (Å²) in [5.41, 5.74) is 6.84. The Kier molecular flexibility index (Phi) is 3.61. The molecule has 88 valence electrons.